The number of benzene rings is 1. The van der Waals surface area contributed by atoms with E-state index >= 15 is 0 Å². The lowest BCUT2D eigenvalue weighted by atomic mass is 10.1. The van der Waals surface area contributed by atoms with Crippen molar-refractivity contribution in [1.29, 1.82) is 0 Å². The van der Waals surface area contributed by atoms with E-state index in [2.05, 4.69) is 10.4 Å². The quantitative estimate of drug-likeness (QED) is 0.710. The molecule has 8 nitrogen and oxygen atoms in total. The zero-order valence-corrected chi connectivity index (χ0v) is 14.2. The number of nitrogens with one attached hydrogen (secondary N) is 1. The molecule has 0 radical (unpaired) electrons. The van der Waals surface area contributed by atoms with Crippen LogP contribution >= 0.6 is 0 Å². The van der Waals surface area contributed by atoms with Crippen molar-refractivity contribution in [2.75, 3.05) is 20.8 Å². The van der Waals surface area contributed by atoms with Crippen LogP contribution in [0.4, 0.5) is 0 Å². The van der Waals surface area contributed by atoms with Gasteiger partial charge in [0.2, 0.25) is 5.91 Å². The number of aromatic carboxylic acids is 1. The minimum Gasteiger partial charge on any atom is -0.493 e. The molecule has 1 heterocycles. The predicted octanol–water partition coefficient (Wildman–Crippen LogP) is 1.35. The number of carbonyl (C=O) groups excluding carboxylic acids is 1. The second-order valence-corrected chi connectivity index (χ2v) is 5.34. The zero-order valence-electron chi connectivity index (χ0n) is 14.2. The molecule has 1 aromatic heterocycles. The van der Waals surface area contributed by atoms with E-state index in [1.54, 1.807) is 14.2 Å². The zero-order chi connectivity index (χ0) is 18.2. The van der Waals surface area contributed by atoms with Gasteiger partial charge >= 0.3 is 5.97 Å². The van der Waals surface area contributed by atoms with E-state index < -0.39 is 5.97 Å². The van der Waals surface area contributed by atoms with Crippen LogP contribution in [0.15, 0.2) is 30.6 Å². The Labute approximate surface area is 145 Å². The molecule has 8 heteroatoms. The summed E-state index contributed by atoms with van der Waals surface area (Å²) in [5.74, 6) is 0.160. The van der Waals surface area contributed by atoms with Crippen LogP contribution in [-0.4, -0.2) is 47.5 Å². The molecule has 2 rings (SSSR count). The second-order valence-electron chi connectivity index (χ2n) is 5.34. The third kappa shape index (κ3) is 5.23. The summed E-state index contributed by atoms with van der Waals surface area (Å²) in [5, 5.41) is 15.6. The summed E-state index contributed by atoms with van der Waals surface area (Å²) in [6.07, 6.45) is 3.56. The minimum atomic E-state index is -1.04. The van der Waals surface area contributed by atoms with Crippen molar-refractivity contribution < 1.29 is 24.2 Å². The Morgan fingerprint density at radius 2 is 2.00 bits per heavy atom. The summed E-state index contributed by atoms with van der Waals surface area (Å²) >= 11 is 0. The third-order valence-electron chi connectivity index (χ3n) is 3.63. The van der Waals surface area contributed by atoms with Gasteiger partial charge in [0.1, 0.15) is 0 Å². The van der Waals surface area contributed by atoms with Gasteiger partial charge in [0, 0.05) is 25.7 Å². The summed E-state index contributed by atoms with van der Waals surface area (Å²) in [7, 11) is 3.16. The molecule has 25 heavy (non-hydrogen) atoms. The maximum absolute atomic E-state index is 11.9. The molecule has 1 aromatic carbocycles. The molecule has 1 amide bonds. The first kappa shape index (κ1) is 18.3. The van der Waals surface area contributed by atoms with Gasteiger partial charge in [-0.3, -0.25) is 9.48 Å². The second kappa shape index (κ2) is 8.72. The Balaban J connectivity index is 1.75. The summed E-state index contributed by atoms with van der Waals surface area (Å²) in [6.45, 7) is 0.823. The first-order valence-electron chi connectivity index (χ1n) is 7.77. The third-order valence-corrected chi connectivity index (χ3v) is 3.63. The van der Waals surface area contributed by atoms with E-state index in [0.29, 0.717) is 31.0 Å². The van der Waals surface area contributed by atoms with Crippen molar-refractivity contribution in [2.45, 2.75) is 19.4 Å². The van der Waals surface area contributed by atoms with Gasteiger partial charge in [-0.25, -0.2) is 4.79 Å². The monoisotopic (exact) mass is 347 g/mol. The summed E-state index contributed by atoms with van der Waals surface area (Å²) < 4.78 is 11.9. The highest BCUT2D eigenvalue weighted by Gasteiger charge is 2.08. The van der Waals surface area contributed by atoms with Crippen LogP contribution in [0.1, 0.15) is 22.3 Å². The standard InChI is InChI=1S/C17H21N3O5/c1-24-14-4-3-12(9-15(14)25-2)5-7-18-16(21)6-8-20-11-13(10-19-20)17(22)23/h3-4,9-11H,5-8H2,1-2H3,(H,18,21)(H,22,23). The number of hydrogen-bond acceptors (Lipinski definition) is 5. The number of nitrogens with zero attached hydrogens (tertiary/aromatic N) is 2. The van der Waals surface area contributed by atoms with E-state index in [1.165, 1.54) is 17.1 Å². The van der Waals surface area contributed by atoms with Gasteiger partial charge in [0.05, 0.1) is 26.0 Å². The van der Waals surface area contributed by atoms with E-state index in [0.717, 1.165) is 5.56 Å². The van der Waals surface area contributed by atoms with Gasteiger partial charge in [0.25, 0.3) is 0 Å². The van der Waals surface area contributed by atoms with Crippen molar-refractivity contribution in [3.8, 4) is 11.5 Å². The summed E-state index contributed by atoms with van der Waals surface area (Å²) in [4.78, 5) is 22.6. The smallest absolute Gasteiger partial charge is 0.338 e. The number of aryl methyl sites for hydroxylation is 1. The lowest BCUT2D eigenvalue weighted by Crippen LogP contribution is -2.26. The van der Waals surface area contributed by atoms with Crippen LogP contribution in [0.3, 0.4) is 0 Å². The molecule has 2 N–H and O–H groups in total. The van der Waals surface area contributed by atoms with Crippen LogP contribution in [0.5, 0.6) is 11.5 Å². The molecule has 0 unspecified atom stereocenters. The summed E-state index contributed by atoms with van der Waals surface area (Å²) in [5.41, 5.74) is 1.13. The molecule has 0 spiro atoms. The maximum Gasteiger partial charge on any atom is 0.338 e. The fourth-order valence-corrected chi connectivity index (χ4v) is 2.28. The molecule has 0 saturated carbocycles. The van der Waals surface area contributed by atoms with Crippen molar-refractivity contribution >= 4 is 11.9 Å². The molecule has 0 aliphatic carbocycles. The highest BCUT2D eigenvalue weighted by Crippen LogP contribution is 2.27. The van der Waals surface area contributed by atoms with Crippen molar-refractivity contribution in [3.05, 3.63) is 41.7 Å². The molecule has 0 aliphatic rings. The molecule has 0 saturated heterocycles. The fourth-order valence-electron chi connectivity index (χ4n) is 2.28. The first-order chi connectivity index (χ1) is 12.0. The number of aromatic nitrogens is 2. The number of carboxylic acid groups (broad SMARTS) is 1. The number of amides is 1. The van der Waals surface area contributed by atoms with Crippen molar-refractivity contribution in [3.63, 3.8) is 0 Å². The highest BCUT2D eigenvalue weighted by molar-refractivity contribution is 5.86. The van der Waals surface area contributed by atoms with Gasteiger partial charge < -0.3 is 19.9 Å². The van der Waals surface area contributed by atoms with Gasteiger partial charge in [-0.1, -0.05) is 6.07 Å². The minimum absolute atomic E-state index is 0.105. The highest BCUT2D eigenvalue weighted by atomic mass is 16.5. The van der Waals surface area contributed by atoms with E-state index in [4.69, 9.17) is 14.6 Å². The maximum atomic E-state index is 11.9. The molecule has 0 atom stereocenters. The number of methoxy groups -OCH3 is 2. The predicted molar refractivity (Wildman–Crippen MR) is 90.1 cm³/mol. The lowest BCUT2D eigenvalue weighted by Gasteiger charge is -2.10. The summed E-state index contributed by atoms with van der Waals surface area (Å²) in [6, 6.07) is 5.63. The average molecular weight is 347 g/mol. The van der Waals surface area contributed by atoms with Crippen LogP contribution in [0.2, 0.25) is 0 Å². The number of ether oxygens (including phenoxy) is 2. The molecule has 134 valence electrons. The largest absolute Gasteiger partial charge is 0.493 e. The first-order valence-corrected chi connectivity index (χ1v) is 7.77. The van der Waals surface area contributed by atoms with Crippen molar-refractivity contribution in [2.24, 2.45) is 0 Å². The van der Waals surface area contributed by atoms with Gasteiger partial charge in [-0.15, -0.1) is 0 Å². The van der Waals surface area contributed by atoms with Crippen LogP contribution in [0.25, 0.3) is 0 Å². The molecule has 0 fully saturated rings. The molecular formula is C17H21N3O5. The Kier molecular flexibility index (Phi) is 6.39. The molecule has 0 bridgehead atoms. The van der Waals surface area contributed by atoms with Crippen LogP contribution < -0.4 is 14.8 Å². The molecular weight excluding hydrogens is 326 g/mol. The number of rotatable bonds is 9. The number of carbonyl (C=O) groups is 2. The number of carboxylic acids is 1. The Bertz CT molecular complexity index is 742. The fraction of sp³-hybridized carbons (Fsp3) is 0.353. The topological polar surface area (TPSA) is 103 Å². The SMILES string of the molecule is COc1ccc(CCNC(=O)CCn2cc(C(=O)O)cn2)cc1OC. The van der Waals surface area contributed by atoms with Crippen LogP contribution in [0, 0.1) is 0 Å². The van der Waals surface area contributed by atoms with E-state index in [-0.39, 0.29) is 17.9 Å². The van der Waals surface area contributed by atoms with Gasteiger partial charge in [-0.05, 0) is 24.1 Å². The molecule has 0 aliphatic heterocycles. The van der Waals surface area contributed by atoms with Gasteiger partial charge in [-0.2, -0.15) is 5.10 Å². The number of hydrogen-bond donors (Lipinski definition) is 2. The Hall–Kier alpha value is -3.03. The Morgan fingerprint density at radius 3 is 2.64 bits per heavy atom. The van der Waals surface area contributed by atoms with Crippen LogP contribution in [-0.2, 0) is 17.8 Å². The Morgan fingerprint density at radius 1 is 1.24 bits per heavy atom. The average Bonchev–Trinajstić information content (AvgIpc) is 3.09. The van der Waals surface area contributed by atoms with Crippen molar-refractivity contribution in [1.82, 2.24) is 15.1 Å². The normalized spacial score (nSPS) is 10.3. The lowest BCUT2D eigenvalue weighted by molar-refractivity contribution is -0.121. The van der Waals surface area contributed by atoms with Gasteiger partial charge in [0.15, 0.2) is 11.5 Å². The molecule has 2 aromatic rings. The van der Waals surface area contributed by atoms with E-state index in [9.17, 15) is 9.59 Å². The van der Waals surface area contributed by atoms with E-state index in [1.807, 2.05) is 18.2 Å².